The first kappa shape index (κ1) is 12.1. The van der Waals surface area contributed by atoms with Gasteiger partial charge in [0.05, 0.1) is 7.11 Å². The van der Waals surface area contributed by atoms with Gasteiger partial charge in [0.15, 0.2) is 0 Å². The maximum Gasteiger partial charge on any atom is 0.120 e. The topological polar surface area (TPSA) is 18.5 Å². The fourth-order valence-corrected chi connectivity index (χ4v) is 2.73. The summed E-state index contributed by atoms with van der Waals surface area (Å²) in [5, 5.41) is 0. The zero-order chi connectivity index (χ0) is 13.2. The summed E-state index contributed by atoms with van der Waals surface area (Å²) in [5.74, 6) is 2.21. The zero-order valence-electron chi connectivity index (χ0n) is 11.3. The van der Waals surface area contributed by atoms with Gasteiger partial charge in [-0.3, -0.25) is 0 Å². The summed E-state index contributed by atoms with van der Waals surface area (Å²) in [6, 6.07) is 16.4. The lowest BCUT2D eigenvalue weighted by Gasteiger charge is -2.18. The molecule has 0 saturated heterocycles. The average molecular weight is 254 g/mol. The molecule has 2 atom stereocenters. The molecule has 2 aromatic carbocycles. The third-order valence-corrected chi connectivity index (χ3v) is 3.87. The molecular formula is C17H18O2. The largest absolute Gasteiger partial charge is 0.497 e. The summed E-state index contributed by atoms with van der Waals surface area (Å²) in [7, 11) is 1.67. The van der Waals surface area contributed by atoms with Crippen molar-refractivity contribution in [3.8, 4) is 11.5 Å². The first-order chi connectivity index (χ1) is 9.28. The number of methoxy groups -OCH3 is 1. The number of benzene rings is 2. The maximum absolute atomic E-state index is 6.11. The van der Waals surface area contributed by atoms with E-state index in [1.165, 1.54) is 11.1 Å². The van der Waals surface area contributed by atoms with Gasteiger partial charge in [0.1, 0.15) is 17.6 Å². The van der Waals surface area contributed by atoms with Gasteiger partial charge in [0.25, 0.3) is 0 Å². The van der Waals surface area contributed by atoms with E-state index in [4.69, 9.17) is 9.47 Å². The van der Waals surface area contributed by atoms with Crippen LogP contribution in [-0.4, -0.2) is 13.2 Å². The molecule has 0 spiro atoms. The molecule has 19 heavy (non-hydrogen) atoms. The molecule has 0 aliphatic heterocycles. The molecule has 0 aromatic heterocycles. The number of hydrogen-bond acceptors (Lipinski definition) is 2. The molecule has 0 N–H and O–H groups in total. The molecule has 1 aliphatic rings. The molecule has 0 saturated carbocycles. The van der Waals surface area contributed by atoms with Crippen molar-refractivity contribution in [2.75, 3.05) is 7.11 Å². The Hall–Kier alpha value is -1.96. The Bertz CT molecular complexity index is 560. The van der Waals surface area contributed by atoms with Gasteiger partial charge in [0.2, 0.25) is 0 Å². The van der Waals surface area contributed by atoms with Crippen LogP contribution < -0.4 is 9.47 Å². The first-order valence-corrected chi connectivity index (χ1v) is 6.66. The van der Waals surface area contributed by atoms with Crippen LogP contribution in [0.4, 0.5) is 0 Å². The second-order valence-electron chi connectivity index (χ2n) is 5.02. The molecule has 0 amide bonds. The highest BCUT2D eigenvalue weighted by Crippen LogP contribution is 2.35. The lowest BCUT2D eigenvalue weighted by atomic mass is 10.0. The lowest BCUT2D eigenvalue weighted by Crippen LogP contribution is -2.19. The monoisotopic (exact) mass is 254 g/mol. The molecule has 98 valence electrons. The minimum atomic E-state index is 0.228. The lowest BCUT2D eigenvalue weighted by molar-refractivity contribution is 0.189. The van der Waals surface area contributed by atoms with Crippen LogP contribution in [0, 0.1) is 0 Å². The standard InChI is InChI=1S/C17H18O2/c1-12-16-6-4-3-5-13(16)11-17(12)19-15-9-7-14(18-2)8-10-15/h3-10,12,17H,11H2,1-2H3/t12-,17-/m0/s1. The Morgan fingerprint density at radius 3 is 2.32 bits per heavy atom. The van der Waals surface area contributed by atoms with E-state index >= 15 is 0 Å². The van der Waals surface area contributed by atoms with Crippen LogP contribution in [0.3, 0.4) is 0 Å². The van der Waals surface area contributed by atoms with E-state index in [1.807, 2.05) is 24.3 Å². The maximum atomic E-state index is 6.11. The van der Waals surface area contributed by atoms with Crippen LogP contribution in [0.2, 0.25) is 0 Å². The second kappa shape index (κ2) is 4.96. The summed E-state index contributed by atoms with van der Waals surface area (Å²) in [5.41, 5.74) is 2.83. The minimum absolute atomic E-state index is 0.228. The Balaban J connectivity index is 1.75. The van der Waals surface area contributed by atoms with Crippen LogP contribution in [-0.2, 0) is 6.42 Å². The minimum Gasteiger partial charge on any atom is -0.497 e. The molecule has 2 heteroatoms. The number of fused-ring (bicyclic) bond motifs is 1. The Kier molecular flexibility index (Phi) is 3.16. The summed E-state index contributed by atoms with van der Waals surface area (Å²) in [6.45, 7) is 2.24. The van der Waals surface area contributed by atoms with Crippen molar-refractivity contribution in [2.45, 2.75) is 25.4 Å². The second-order valence-corrected chi connectivity index (χ2v) is 5.02. The third kappa shape index (κ3) is 2.30. The van der Waals surface area contributed by atoms with Gasteiger partial charge in [-0.2, -0.15) is 0 Å². The Labute approximate surface area is 114 Å². The van der Waals surface area contributed by atoms with Crippen molar-refractivity contribution in [2.24, 2.45) is 0 Å². The highest BCUT2D eigenvalue weighted by atomic mass is 16.5. The predicted molar refractivity (Wildman–Crippen MR) is 76.0 cm³/mol. The number of rotatable bonds is 3. The van der Waals surface area contributed by atoms with Crippen LogP contribution in [0.25, 0.3) is 0 Å². The summed E-state index contributed by atoms with van der Waals surface area (Å²) in [6.07, 6.45) is 1.22. The van der Waals surface area contributed by atoms with Gasteiger partial charge >= 0.3 is 0 Å². The molecule has 0 heterocycles. The molecule has 1 aliphatic carbocycles. The molecule has 2 nitrogen and oxygen atoms in total. The van der Waals surface area contributed by atoms with Crippen molar-refractivity contribution in [1.29, 1.82) is 0 Å². The van der Waals surface area contributed by atoms with Crippen LogP contribution in [0.5, 0.6) is 11.5 Å². The van der Waals surface area contributed by atoms with E-state index in [2.05, 4.69) is 31.2 Å². The van der Waals surface area contributed by atoms with E-state index in [-0.39, 0.29) is 6.10 Å². The van der Waals surface area contributed by atoms with E-state index in [9.17, 15) is 0 Å². The third-order valence-electron chi connectivity index (χ3n) is 3.87. The van der Waals surface area contributed by atoms with E-state index in [1.54, 1.807) is 7.11 Å². The van der Waals surface area contributed by atoms with E-state index in [0.29, 0.717) is 5.92 Å². The van der Waals surface area contributed by atoms with Gasteiger partial charge in [0, 0.05) is 12.3 Å². The number of hydrogen-bond donors (Lipinski definition) is 0. The van der Waals surface area contributed by atoms with Gasteiger partial charge in [-0.05, 0) is 35.4 Å². The number of ether oxygens (including phenoxy) is 2. The summed E-state index contributed by atoms with van der Waals surface area (Å²) < 4.78 is 11.3. The van der Waals surface area contributed by atoms with Gasteiger partial charge in [-0.25, -0.2) is 0 Å². The fraction of sp³-hybridized carbons (Fsp3) is 0.294. The van der Waals surface area contributed by atoms with Crippen LogP contribution >= 0.6 is 0 Å². The summed E-state index contributed by atoms with van der Waals surface area (Å²) >= 11 is 0. The molecule has 0 unspecified atom stereocenters. The quantitative estimate of drug-likeness (QED) is 0.829. The van der Waals surface area contributed by atoms with Crippen molar-refractivity contribution >= 4 is 0 Å². The van der Waals surface area contributed by atoms with Crippen molar-refractivity contribution in [1.82, 2.24) is 0 Å². The van der Waals surface area contributed by atoms with Gasteiger partial charge < -0.3 is 9.47 Å². The highest BCUT2D eigenvalue weighted by Gasteiger charge is 2.30. The van der Waals surface area contributed by atoms with Crippen LogP contribution in [0.1, 0.15) is 24.0 Å². The predicted octanol–water partition coefficient (Wildman–Crippen LogP) is 3.80. The van der Waals surface area contributed by atoms with Crippen molar-refractivity contribution in [3.05, 3.63) is 59.7 Å². The Morgan fingerprint density at radius 2 is 1.63 bits per heavy atom. The first-order valence-electron chi connectivity index (χ1n) is 6.66. The smallest absolute Gasteiger partial charge is 0.120 e. The average Bonchev–Trinajstić information content (AvgIpc) is 2.77. The molecule has 3 rings (SSSR count). The van der Waals surface area contributed by atoms with E-state index in [0.717, 1.165) is 17.9 Å². The van der Waals surface area contributed by atoms with Gasteiger partial charge in [-0.1, -0.05) is 31.2 Å². The van der Waals surface area contributed by atoms with Gasteiger partial charge in [-0.15, -0.1) is 0 Å². The highest BCUT2D eigenvalue weighted by molar-refractivity contribution is 5.38. The molecular weight excluding hydrogens is 236 g/mol. The van der Waals surface area contributed by atoms with Crippen LogP contribution in [0.15, 0.2) is 48.5 Å². The van der Waals surface area contributed by atoms with E-state index < -0.39 is 0 Å². The zero-order valence-corrected chi connectivity index (χ0v) is 11.3. The molecule has 0 bridgehead atoms. The molecule has 0 radical (unpaired) electrons. The summed E-state index contributed by atoms with van der Waals surface area (Å²) in [4.78, 5) is 0. The SMILES string of the molecule is COc1ccc(O[C@H]2Cc3ccccc3[C@@H]2C)cc1. The normalized spacial score (nSPS) is 20.9. The Morgan fingerprint density at radius 1 is 0.947 bits per heavy atom. The van der Waals surface area contributed by atoms with Crippen molar-refractivity contribution in [3.63, 3.8) is 0 Å². The molecule has 0 fully saturated rings. The fourth-order valence-electron chi connectivity index (χ4n) is 2.73. The van der Waals surface area contributed by atoms with Crippen molar-refractivity contribution < 1.29 is 9.47 Å². The molecule has 2 aromatic rings.